The van der Waals surface area contributed by atoms with E-state index in [9.17, 15) is 9.90 Å². The molecular weight excluding hydrogens is 412 g/mol. The van der Waals surface area contributed by atoms with E-state index in [1.54, 1.807) is 6.33 Å². The van der Waals surface area contributed by atoms with Crippen molar-refractivity contribution in [3.63, 3.8) is 0 Å². The van der Waals surface area contributed by atoms with E-state index >= 15 is 0 Å². The smallest absolute Gasteiger partial charge is 0.305 e. The van der Waals surface area contributed by atoms with Crippen LogP contribution in [0.4, 0.5) is 0 Å². The second-order valence-electron chi connectivity index (χ2n) is 8.00. The van der Waals surface area contributed by atoms with Gasteiger partial charge in [0.1, 0.15) is 5.54 Å². The van der Waals surface area contributed by atoms with E-state index in [4.69, 9.17) is 4.74 Å². The summed E-state index contributed by atoms with van der Waals surface area (Å²) in [6.45, 7) is 0. The van der Waals surface area contributed by atoms with Gasteiger partial charge in [0.05, 0.1) is 25.2 Å². The molecule has 1 N–H and O–H groups in total. The number of methoxy groups -OCH3 is 1. The highest BCUT2D eigenvalue weighted by molar-refractivity contribution is 5.69. The molecule has 4 rings (SSSR count). The van der Waals surface area contributed by atoms with Crippen LogP contribution in [0.15, 0.2) is 104 Å². The molecule has 0 fully saturated rings. The summed E-state index contributed by atoms with van der Waals surface area (Å²) in [5.41, 5.74) is 3.18. The molecule has 5 nitrogen and oxygen atoms in total. The van der Waals surface area contributed by atoms with Gasteiger partial charge in [0.25, 0.3) is 0 Å². The fourth-order valence-electron chi connectivity index (χ4n) is 4.37. The van der Waals surface area contributed by atoms with E-state index in [1.807, 2.05) is 60.8 Å². The summed E-state index contributed by atoms with van der Waals surface area (Å²) < 4.78 is 6.77. The number of rotatable bonds is 9. The van der Waals surface area contributed by atoms with Gasteiger partial charge < -0.3 is 14.4 Å². The normalized spacial score (nSPS) is 12.3. The molecule has 0 aliphatic rings. The maximum Gasteiger partial charge on any atom is 0.305 e. The predicted molar refractivity (Wildman–Crippen MR) is 128 cm³/mol. The Hall–Kier alpha value is -3.70. The van der Waals surface area contributed by atoms with Gasteiger partial charge >= 0.3 is 5.97 Å². The Morgan fingerprint density at radius 1 is 0.909 bits per heavy atom. The van der Waals surface area contributed by atoms with Gasteiger partial charge in [-0.25, -0.2) is 4.98 Å². The molecule has 168 valence electrons. The van der Waals surface area contributed by atoms with Gasteiger partial charge in [-0.2, -0.15) is 0 Å². The molecule has 3 aromatic carbocycles. The van der Waals surface area contributed by atoms with Crippen LogP contribution in [0.1, 0.15) is 47.8 Å². The Balaban J connectivity index is 1.81. The molecule has 1 aromatic heterocycles. The molecule has 0 bridgehead atoms. The van der Waals surface area contributed by atoms with E-state index in [1.165, 1.54) is 7.11 Å². The summed E-state index contributed by atoms with van der Waals surface area (Å²) in [4.78, 5) is 16.0. The molecule has 0 saturated carbocycles. The van der Waals surface area contributed by atoms with Crippen LogP contribution in [0.2, 0.25) is 0 Å². The summed E-state index contributed by atoms with van der Waals surface area (Å²) >= 11 is 0. The third kappa shape index (κ3) is 4.59. The first-order chi connectivity index (χ1) is 16.2. The number of ether oxygens (including phenoxy) is 1. The molecule has 1 unspecified atom stereocenters. The summed E-state index contributed by atoms with van der Waals surface area (Å²) in [6.07, 6.45) is 4.16. The zero-order valence-electron chi connectivity index (χ0n) is 18.7. The molecular formula is C28H28N2O3. The number of esters is 1. The van der Waals surface area contributed by atoms with E-state index in [0.29, 0.717) is 18.5 Å². The average Bonchev–Trinajstić information content (AvgIpc) is 3.37. The second-order valence-corrected chi connectivity index (χ2v) is 8.00. The van der Waals surface area contributed by atoms with Gasteiger partial charge in [-0.1, -0.05) is 91.0 Å². The summed E-state index contributed by atoms with van der Waals surface area (Å²) in [5, 5.41) is 10.8. The van der Waals surface area contributed by atoms with Crippen molar-refractivity contribution in [1.82, 2.24) is 9.55 Å². The van der Waals surface area contributed by atoms with Gasteiger partial charge in [0.2, 0.25) is 0 Å². The molecule has 0 aliphatic carbocycles. The minimum atomic E-state index is -0.768. The third-order valence-electron chi connectivity index (χ3n) is 5.99. The number of hydrogen-bond donors (Lipinski definition) is 1. The average molecular weight is 441 g/mol. The number of aliphatic hydroxyl groups excluding tert-OH is 1. The Kier molecular flexibility index (Phi) is 7.01. The Morgan fingerprint density at radius 3 is 1.85 bits per heavy atom. The molecule has 1 heterocycles. The maximum atomic E-state index is 11.4. The molecule has 0 aliphatic heterocycles. The van der Waals surface area contributed by atoms with Crippen molar-refractivity contribution in [2.24, 2.45) is 0 Å². The lowest BCUT2D eigenvalue weighted by Gasteiger charge is -2.37. The zero-order chi connectivity index (χ0) is 23.1. The number of hydrogen-bond acceptors (Lipinski definition) is 4. The van der Waals surface area contributed by atoms with Crippen molar-refractivity contribution < 1.29 is 14.6 Å². The fourth-order valence-corrected chi connectivity index (χ4v) is 4.37. The standard InChI is InChI=1S/C28H28N2O3/c1-33-27(32)19-11-18-26(31)25-20-30(21-29-25)28(22-12-5-2-6-13-22,23-14-7-3-8-15-23)24-16-9-4-10-17-24/h2-10,12-17,20-21,26,31H,11,18-19H2,1H3. The number of carbonyl (C=O) groups is 1. The van der Waals surface area contributed by atoms with Crippen LogP contribution in [0.25, 0.3) is 0 Å². The summed E-state index contributed by atoms with van der Waals surface area (Å²) in [5.74, 6) is -0.274. The predicted octanol–water partition coefficient (Wildman–Crippen LogP) is 5.10. The molecule has 0 spiro atoms. The van der Waals surface area contributed by atoms with Crippen molar-refractivity contribution in [3.8, 4) is 0 Å². The first kappa shape index (κ1) is 22.5. The van der Waals surface area contributed by atoms with Crippen LogP contribution in [0, 0.1) is 0 Å². The van der Waals surface area contributed by atoms with Crippen molar-refractivity contribution in [2.75, 3.05) is 7.11 Å². The van der Waals surface area contributed by atoms with Gasteiger partial charge in [0, 0.05) is 12.6 Å². The van der Waals surface area contributed by atoms with E-state index < -0.39 is 11.6 Å². The fraction of sp³-hybridized carbons (Fsp3) is 0.214. The molecule has 4 aromatic rings. The van der Waals surface area contributed by atoms with Gasteiger partial charge in [-0.15, -0.1) is 0 Å². The molecule has 5 heteroatoms. The van der Waals surface area contributed by atoms with Crippen molar-refractivity contribution in [3.05, 3.63) is 126 Å². The minimum absolute atomic E-state index is 0.274. The van der Waals surface area contributed by atoms with Crippen LogP contribution < -0.4 is 0 Å². The highest BCUT2D eigenvalue weighted by Crippen LogP contribution is 2.41. The van der Waals surface area contributed by atoms with Crippen molar-refractivity contribution in [1.29, 1.82) is 0 Å². The number of aliphatic hydroxyl groups is 1. The van der Waals surface area contributed by atoms with Crippen molar-refractivity contribution in [2.45, 2.75) is 30.9 Å². The maximum absolute atomic E-state index is 11.4. The van der Waals surface area contributed by atoms with Gasteiger partial charge in [0.15, 0.2) is 0 Å². The van der Waals surface area contributed by atoms with Crippen LogP contribution in [-0.4, -0.2) is 27.7 Å². The second kappa shape index (κ2) is 10.3. The Labute approximate surface area is 194 Å². The largest absolute Gasteiger partial charge is 0.469 e. The zero-order valence-corrected chi connectivity index (χ0v) is 18.7. The number of imidazole rings is 1. The highest BCUT2D eigenvalue weighted by Gasteiger charge is 2.38. The SMILES string of the molecule is COC(=O)CCCC(O)c1cn(C(c2ccccc2)(c2ccccc2)c2ccccc2)cn1. The Bertz CT molecular complexity index is 1060. The lowest BCUT2D eigenvalue weighted by Crippen LogP contribution is -2.37. The lowest BCUT2D eigenvalue weighted by molar-refractivity contribution is -0.140. The van der Waals surface area contributed by atoms with E-state index in [-0.39, 0.29) is 12.4 Å². The van der Waals surface area contributed by atoms with Crippen LogP contribution in [0.3, 0.4) is 0 Å². The minimum Gasteiger partial charge on any atom is -0.469 e. The lowest BCUT2D eigenvalue weighted by atomic mass is 9.77. The number of nitrogens with zero attached hydrogens (tertiary/aromatic N) is 2. The van der Waals surface area contributed by atoms with E-state index in [0.717, 1.165) is 16.7 Å². The van der Waals surface area contributed by atoms with Crippen molar-refractivity contribution >= 4 is 5.97 Å². The van der Waals surface area contributed by atoms with Crippen LogP contribution in [0.5, 0.6) is 0 Å². The molecule has 0 radical (unpaired) electrons. The molecule has 1 atom stereocenters. The molecule has 0 saturated heterocycles. The topological polar surface area (TPSA) is 64.3 Å². The first-order valence-corrected chi connectivity index (χ1v) is 11.1. The number of benzene rings is 3. The summed E-state index contributed by atoms with van der Waals surface area (Å²) in [6, 6.07) is 31.0. The molecule has 0 amide bonds. The number of aromatic nitrogens is 2. The first-order valence-electron chi connectivity index (χ1n) is 11.1. The quantitative estimate of drug-likeness (QED) is 0.291. The summed E-state index contributed by atoms with van der Waals surface area (Å²) in [7, 11) is 1.37. The van der Waals surface area contributed by atoms with Crippen LogP contribution in [-0.2, 0) is 15.1 Å². The van der Waals surface area contributed by atoms with Gasteiger partial charge in [-0.05, 0) is 29.5 Å². The third-order valence-corrected chi connectivity index (χ3v) is 5.99. The van der Waals surface area contributed by atoms with Gasteiger partial charge in [-0.3, -0.25) is 4.79 Å². The van der Waals surface area contributed by atoms with Crippen LogP contribution >= 0.6 is 0 Å². The number of carbonyl (C=O) groups excluding carboxylic acids is 1. The Morgan fingerprint density at radius 2 is 1.39 bits per heavy atom. The monoisotopic (exact) mass is 440 g/mol. The highest BCUT2D eigenvalue weighted by atomic mass is 16.5. The molecule has 33 heavy (non-hydrogen) atoms. The van der Waals surface area contributed by atoms with E-state index in [2.05, 4.69) is 45.9 Å².